The van der Waals surface area contributed by atoms with Gasteiger partial charge in [0.15, 0.2) is 9.84 Å². The van der Waals surface area contributed by atoms with Crippen molar-refractivity contribution in [3.8, 4) is 11.1 Å². The first kappa shape index (κ1) is 26.9. The molecular formula is C27H31N3O5S. The van der Waals surface area contributed by atoms with E-state index in [1.165, 1.54) is 12.5 Å². The topological polar surface area (TPSA) is 125 Å². The molecule has 0 aliphatic heterocycles. The van der Waals surface area contributed by atoms with Crippen LogP contribution in [0, 0.1) is 5.92 Å². The van der Waals surface area contributed by atoms with Crippen LogP contribution in [0.25, 0.3) is 11.1 Å². The van der Waals surface area contributed by atoms with Crippen LogP contribution in [0.4, 0.5) is 5.82 Å². The first-order valence-corrected chi connectivity index (χ1v) is 13.5. The molecule has 0 aliphatic rings. The third kappa shape index (κ3) is 7.64. The molecule has 0 bridgehead atoms. The quantitative estimate of drug-likeness (QED) is 0.346. The number of pyridine rings is 1. The van der Waals surface area contributed by atoms with E-state index < -0.39 is 15.8 Å². The maximum Gasteiger partial charge on any atom is 0.305 e. The summed E-state index contributed by atoms with van der Waals surface area (Å²) < 4.78 is 23.4. The molecule has 1 aromatic heterocycles. The van der Waals surface area contributed by atoms with Gasteiger partial charge in [0.25, 0.3) is 5.91 Å². The highest BCUT2D eigenvalue weighted by Gasteiger charge is 2.15. The normalized spacial score (nSPS) is 12.2. The van der Waals surface area contributed by atoms with E-state index in [2.05, 4.69) is 29.5 Å². The van der Waals surface area contributed by atoms with Crippen molar-refractivity contribution in [3.63, 3.8) is 0 Å². The van der Waals surface area contributed by atoms with Crippen molar-refractivity contribution in [1.29, 1.82) is 0 Å². The number of carboxylic acid groups (broad SMARTS) is 1. The third-order valence-electron chi connectivity index (χ3n) is 5.61. The second-order valence-electron chi connectivity index (χ2n) is 9.08. The molecule has 36 heavy (non-hydrogen) atoms. The molecule has 0 radical (unpaired) electrons. The smallest absolute Gasteiger partial charge is 0.305 e. The number of nitrogens with zero attached hydrogens (tertiary/aromatic N) is 1. The van der Waals surface area contributed by atoms with Gasteiger partial charge in [-0.15, -0.1) is 0 Å². The molecule has 2 aromatic carbocycles. The number of carbonyl (C=O) groups excluding carboxylic acids is 1. The zero-order chi connectivity index (χ0) is 26.3. The lowest BCUT2D eigenvalue weighted by molar-refractivity contribution is -0.136. The molecule has 1 unspecified atom stereocenters. The number of benzene rings is 2. The number of aromatic nitrogens is 1. The second kappa shape index (κ2) is 11.8. The fraction of sp³-hybridized carbons (Fsp3) is 0.296. The van der Waals surface area contributed by atoms with Gasteiger partial charge in [-0.3, -0.25) is 9.59 Å². The van der Waals surface area contributed by atoms with Crippen molar-refractivity contribution in [3.05, 3.63) is 78.0 Å². The Morgan fingerprint density at radius 3 is 2.06 bits per heavy atom. The largest absolute Gasteiger partial charge is 0.481 e. The number of amides is 1. The molecule has 9 heteroatoms. The molecule has 3 aromatic rings. The van der Waals surface area contributed by atoms with Crippen molar-refractivity contribution in [1.82, 2.24) is 10.3 Å². The Morgan fingerprint density at radius 1 is 0.944 bits per heavy atom. The lowest BCUT2D eigenvalue weighted by atomic mass is 9.95. The number of sulfone groups is 1. The molecule has 3 rings (SSSR count). The third-order valence-corrected chi connectivity index (χ3v) is 6.74. The summed E-state index contributed by atoms with van der Waals surface area (Å²) in [6, 6.07) is 18.3. The second-order valence-corrected chi connectivity index (χ2v) is 11.1. The maximum absolute atomic E-state index is 12.1. The lowest BCUT2D eigenvalue weighted by Crippen LogP contribution is -2.26. The molecule has 0 saturated carbocycles. The average Bonchev–Trinajstić information content (AvgIpc) is 2.83. The zero-order valence-corrected chi connectivity index (χ0v) is 21.4. The van der Waals surface area contributed by atoms with Crippen LogP contribution in [0.3, 0.4) is 0 Å². The number of hydrogen-bond acceptors (Lipinski definition) is 6. The minimum Gasteiger partial charge on any atom is -0.481 e. The van der Waals surface area contributed by atoms with E-state index >= 15 is 0 Å². The van der Waals surface area contributed by atoms with Crippen LogP contribution in [0.1, 0.15) is 48.7 Å². The Kier molecular flexibility index (Phi) is 8.82. The molecule has 0 fully saturated rings. The number of nitrogens with one attached hydrogen (secondary N) is 2. The van der Waals surface area contributed by atoms with Gasteiger partial charge in [0.2, 0.25) is 0 Å². The van der Waals surface area contributed by atoms with Crippen LogP contribution in [0.15, 0.2) is 71.8 Å². The van der Waals surface area contributed by atoms with Gasteiger partial charge in [-0.2, -0.15) is 0 Å². The van der Waals surface area contributed by atoms with E-state index in [0.717, 1.165) is 23.1 Å². The van der Waals surface area contributed by atoms with E-state index in [-0.39, 0.29) is 24.9 Å². The molecule has 0 spiro atoms. The van der Waals surface area contributed by atoms with Gasteiger partial charge in [0.1, 0.15) is 5.82 Å². The van der Waals surface area contributed by atoms with Gasteiger partial charge in [0, 0.05) is 19.0 Å². The average molecular weight is 510 g/mol. The van der Waals surface area contributed by atoms with Crippen LogP contribution in [0.5, 0.6) is 0 Å². The monoisotopic (exact) mass is 509 g/mol. The van der Waals surface area contributed by atoms with Crippen molar-refractivity contribution >= 4 is 27.5 Å². The van der Waals surface area contributed by atoms with Gasteiger partial charge >= 0.3 is 5.97 Å². The number of carbonyl (C=O) groups is 2. The Balaban J connectivity index is 1.71. The van der Waals surface area contributed by atoms with Crippen molar-refractivity contribution < 1.29 is 23.1 Å². The highest BCUT2D eigenvalue weighted by Crippen LogP contribution is 2.28. The predicted octanol–water partition coefficient (Wildman–Crippen LogP) is 4.56. The van der Waals surface area contributed by atoms with E-state index in [0.29, 0.717) is 22.2 Å². The predicted molar refractivity (Wildman–Crippen MR) is 140 cm³/mol. The molecule has 190 valence electrons. The summed E-state index contributed by atoms with van der Waals surface area (Å²) in [5, 5.41) is 14.7. The van der Waals surface area contributed by atoms with Crippen LogP contribution in [-0.4, -0.2) is 43.2 Å². The summed E-state index contributed by atoms with van der Waals surface area (Å²) in [7, 11) is -3.23. The van der Waals surface area contributed by atoms with Crippen LogP contribution < -0.4 is 10.6 Å². The number of rotatable bonds is 11. The standard InChI is InChI=1S/C27H31N3O5S/c1-18(2)16-24(30-25-13-10-22(17-29-25)27(33)28-15-14-26(31)32)21-6-4-19(5-7-21)20-8-11-23(12-9-20)36(3,34)35/h4-13,17-18,24H,14-16H2,1-3H3,(H,28,33)(H,29,30)(H,31,32). The summed E-state index contributed by atoms with van der Waals surface area (Å²) in [6.07, 6.45) is 3.38. The summed E-state index contributed by atoms with van der Waals surface area (Å²) in [5.41, 5.74) is 3.36. The maximum atomic E-state index is 12.1. The van der Waals surface area contributed by atoms with Gasteiger partial charge < -0.3 is 15.7 Å². The Hall–Kier alpha value is -3.72. The molecule has 0 saturated heterocycles. The van der Waals surface area contributed by atoms with Gasteiger partial charge in [0.05, 0.1) is 22.9 Å². The Bertz CT molecular complexity index is 1290. The van der Waals surface area contributed by atoms with Crippen LogP contribution >= 0.6 is 0 Å². The molecule has 1 atom stereocenters. The van der Waals surface area contributed by atoms with Crippen molar-refractivity contribution in [2.75, 3.05) is 18.1 Å². The first-order valence-electron chi connectivity index (χ1n) is 11.7. The number of aliphatic carboxylic acids is 1. The Morgan fingerprint density at radius 2 is 1.56 bits per heavy atom. The van der Waals surface area contributed by atoms with E-state index in [1.54, 1.807) is 36.4 Å². The highest BCUT2D eigenvalue weighted by atomic mass is 32.2. The van der Waals surface area contributed by atoms with Crippen LogP contribution in [-0.2, 0) is 14.6 Å². The first-order chi connectivity index (χ1) is 17.0. The SMILES string of the molecule is CC(C)CC(Nc1ccc(C(=O)NCCC(=O)O)cn1)c1ccc(-c2ccc(S(C)(=O)=O)cc2)cc1. The molecule has 0 aliphatic carbocycles. The van der Waals surface area contributed by atoms with Crippen molar-refractivity contribution in [2.45, 2.75) is 37.6 Å². The molecule has 3 N–H and O–H groups in total. The number of carboxylic acids is 1. The summed E-state index contributed by atoms with van der Waals surface area (Å²) in [5.74, 6) is -0.288. The molecular weight excluding hydrogens is 478 g/mol. The van der Waals surface area contributed by atoms with E-state index in [1.807, 2.05) is 24.3 Å². The van der Waals surface area contributed by atoms with Gasteiger partial charge in [-0.05, 0) is 53.3 Å². The molecule has 1 heterocycles. The van der Waals surface area contributed by atoms with E-state index in [9.17, 15) is 18.0 Å². The number of hydrogen-bond donors (Lipinski definition) is 3. The lowest BCUT2D eigenvalue weighted by Gasteiger charge is -2.22. The Labute approximate surface area is 211 Å². The van der Waals surface area contributed by atoms with Gasteiger partial charge in [-0.1, -0.05) is 50.2 Å². The molecule has 8 nitrogen and oxygen atoms in total. The van der Waals surface area contributed by atoms with Gasteiger partial charge in [-0.25, -0.2) is 13.4 Å². The zero-order valence-electron chi connectivity index (χ0n) is 20.6. The minimum atomic E-state index is -3.23. The molecule has 1 amide bonds. The summed E-state index contributed by atoms with van der Waals surface area (Å²) in [4.78, 5) is 27.4. The fourth-order valence-corrected chi connectivity index (χ4v) is 4.36. The summed E-state index contributed by atoms with van der Waals surface area (Å²) in [6.45, 7) is 4.34. The van der Waals surface area contributed by atoms with E-state index in [4.69, 9.17) is 5.11 Å². The number of anilines is 1. The van der Waals surface area contributed by atoms with Crippen LogP contribution in [0.2, 0.25) is 0 Å². The highest BCUT2D eigenvalue weighted by molar-refractivity contribution is 7.90. The van der Waals surface area contributed by atoms with Crippen molar-refractivity contribution in [2.24, 2.45) is 5.92 Å². The summed E-state index contributed by atoms with van der Waals surface area (Å²) >= 11 is 0. The fourth-order valence-electron chi connectivity index (χ4n) is 3.73. The minimum absolute atomic E-state index is 0.00518.